The van der Waals surface area contributed by atoms with Crippen molar-refractivity contribution in [3.8, 4) is 0 Å². The number of hydrogen-bond donors (Lipinski definition) is 2. The summed E-state index contributed by atoms with van der Waals surface area (Å²) in [7, 11) is 0. The molecule has 0 aliphatic carbocycles. The van der Waals surface area contributed by atoms with Crippen LogP contribution in [-0.2, 0) is 27.6 Å². The summed E-state index contributed by atoms with van der Waals surface area (Å²) in [4.78, 5) is 22.4. The van der Waals surface area contributed by atoms with Gasteiger partial charge in [0.25, 0.3) is 0 Å². The Labute approximate surface area is 184 Å². The van der Waals surface area contributed by atoms with Gasteiger partial charge in [-0.25, -0.2) is 14.6 Å². The summed E-state index contributed by atoms with van der Waals surface area (Å²) >= 11 is 4.06. The molecule has 0 fully saturated rings. The average molecular weight is 445 g/mol. The quantitative estimate of drug-likeness (QED) is 0.476. The number of aromatic nitrogens is 2. The van der Waals surface area contributed by atoms with Crippen molar-refractivity contribution in [3.05, 3.63) is 90.5 Å². The molecule has 3 aromatic rings. The number of hydrogen-bond acceptors (Lipinski definition) is 5. The topological polar surface area (TPSA) is 92.4 Å². The SMILES string of the molecule is O=C(O)C(=O)O.c1ccc(CSCC(Cn2ccnc2)SCc2ccccc2)cc1. The average Bonchev–Trinajstić information content (AvgIpc) is 3.27. The molecule has 0 amide bonds. The number of nitrogens with zero attached hydrogens (tertiary/aromatic N) is 2. The van der Waals surface area contributed by atoms with Gasteiger partial charge in [-0.05, 0) is 11.1 Å². The van der Waals surface area contributed by atoms with Crippen LogP contribution in [0.1, 0.15) is 11.1 Å². The van der Waals surface area contributed by atoms with E-state index in [9.17, 15) is 0 Å². The number of aliphatic carboxylic acids is 2. The minimum atomic E-state index is -1.82. The van der Waals surface area contributed by atoms with Crippen LogP contribution in [0.2, 0.25) is 0 Å². The summed E-state index contributed by atoms with van der Waals surface area (Å²) in [6.45, 7) is 1.01. The van der Waals surface area contributed by atoms with Gasteiger partial charge in [0, 0.05) is 41.4 Å². The van der Waals surface area contributed by atoms with E-state index >= 15 is 0 Å². The number of benzene rings is 2. The molecular formula is C22H24N2O4S2. The molecule has 0 aliphatic heterocycles. The Hall–Kier alpha value is -2.71. The second kappa shape index (κ2) is 13.5. The zero-order valence-electron chi connectivity index (χ0n) is 16.3. The van der Waals surface area contributed by atoms with Crippen molar-refractivity contribution < 1.29 is 19.8 Å². The van der Waals surface area contributed by atoms with Gasteiger partial charge >= 0.3 is 11.9 Å². The van der Waals surface area contributed by atoms with Gasteiger partial charge in [-0.1, -0.05) is 60.7 Å². The van der Waals surface area contributed by atoms with E-state index in [1.165, 1.54) is 11.1 Å². The van der Waals surface area contributed by atoms with Gasteiger partial charge < -0.3 is 14.8 Å². The van der Waals surface area contributed by atoms with Gasteiger partial charge in [-0.2, -0.15) is 23.5 Å². The van der Waals surface area contributed by atoms with E-state index in [0.29, 0.717) is 5.25 Å². The van der Waals surface area contributed by atoms with E-state index in [2.05, 4.69) is 76.4 Å². The Morgan fingerprint density at radius 1 is 0.900 bits per heavy atom. The highest BCUT2D eigenvalue weighted by Gasteiger charge is 2.11. The maximum atomic E-state index is 9.10. The molecule has 2 N–H and O–H groups in total. The lowest BCUT2D eigenvalue weighted by atomic mass is 10.2. The van der Waals surface area contributed by atoms with Crippen molar-refractivity contribution >= 4 is 35.5 Å². The fraction of sp³-hybridized carbons (Fsp3) is 0.227. The van der Waals surface area contributed by atoms with E-state index in [4.69, 9.17) is 19.8 Å². The molecule has 0 spiro atoms. The summed E-state index contributed by atoms with van der Waals surface area (Å²) < 4.78 is 2.19. The van der Waals surface area contributed by atoms with E-state index in [0.717, 1.165) is 23.8 Å². The smallest absolute Gasteiger partial charge is 0.414 e. The maximum Gasteiger partial charge on any atom is 0.414 e. The van der Waals surface area contributed by atoms with Gasteiger partial charge in [0.1, 0.15) is 0 Å². The largest absolute Gasteiger partial charge is 0.473 e. The first-order valence-corrected chi connectivity index (χ1v) is 11.4. The first-order chi connectivity index (χ1) is 14.5. The Morgan fingerprint density at radius 2 is 1.47 bits per heavy atom. The molecule has 1 aromatic heterocycles. The molecule has 0 saturated carbocycles. The Morgan fingerprint density at radius 3 is 1.97 bits per heavy atom. The van der Waals surface area contributed by atoms with Crippen molar-refractivity contribution in [1.82, 2.24) is 9.55 Å². The third-order valence-electron chi connectivity index (χ3n) is 3.90. The van der Waals surface area contributed by atoms with Crippen molar-refractivity contribution in [1.29, 1.82) is 0 Å². The predicted octanol–water partition coefficient (Wildman–Crippen LogP) is 4.27. The number of imidazole rings is 1. The number of carbonyl (C=O) groups is 2. The van der Waals surface area contributed by atoms with Crippen LogP contribution in [0.3, 0.4) is 0 Å². The van der Waals surface area contributed by atoms with Crippen LogP contribution < -0.4 is 0 Å². The normalized spacial score (nSPS) is 11.2. The van der Waals surface area contributed by atoms with Crippen LogP contribution in [0.25, 0.3) is 0 Å². The fourth-order valence-corrected chi connectivity index (χ4v) is 4.94. The minimum Gasteiger partial charge on any atom is -0.473 e. The first kappa shape index (κ1) is 23.6. The van der Waals surface area contributed by atoms with Crippen LogP contribution in [0.4, 0.5) is 0 Å². The fourth-order valence-electron chi connectivity index (χ4n) is 2.45. The van der Waals surface area contributed by atoms with Gasteiger partial charge in [0.2, 0.25) is 0 Å². The molecule has 3 rings (SSSR count). The van der Waals surface area contributed by atoms with Crippen LogP contribution in [0, 0.1) is 0 Å². The minimum absolute atomic E-state index is 0.577. The van der Waals surface area contributed by atoms with E-state index < -0.39 is 11.9 Å². The Balaban J connectivity index is 0.000000469. The van der Waals surface area contributed by atoms with Gasteiger partial charge in [-0.3, -0.25) is 0 Å². The molecule has 0 radical (unpaired) electrons. The molecular weight excluding hydrogens is 420 g/mol. The standard InChI is InChI=1S/C20H22N2S2.C2H2O4/c1-3-7-18(8-4-1)14-23-16-20(13-22-12-11-21-17-22)24-15-19-9-5-2-6-10-19;3-1(4)2(5)6/h1-12,17,20H,13-16H2;(H,3,4)(H,5,6). The molecule has 8 heteroatoms. The molecule has 30 heavy (non-hydrogen) atoms. The molecule has 0 saturated heterocycles. The zero-order valence-corrected chi connectivity index (χ0v) is 18.0. The summed E-state index contributed by atoms with van der Waals surface area (Å²) in [5.41, 5.74) is 2.79. The molecule has 1 heterocycles. The highest BCUT2D eigenvalue weighted by atomic mass is 32.2. The molecule has 0 aliphatic rings. The molecule has 6 nitrogen and oxygen atoms in total. The number of rotatable bonds is 9. The van der Waals surface area contributed by atoms with Gasteiger partial charge in [0.05, 0.1) is 6.33 Å². The summed E-state index contributed by atoms with van der Waals surface area (Å²) in [5, 5.41) is 15.4. The molecule has 2 aromatic carbocycles. The molecule has 0 bridgehead atoms. The van der Waals surface area contributed by atoms with Crippen molar-refractivity contribution in [2.45, 2.75) is 23.3 Å². The first-order valence-electron chi connectivity index (χ1n) is 9.23. The highest BCUT2D eigenvalue weighted by Crippen LogP contribution is 2.24. The third kappa shape index (κ3) is 9.67. The van der Waals surface area contributed by atoms with Crippen LogP contribution in [-0.4, -0.2) is 42.7 Å². The molecule has 1 atom stereocenters. The van der Waals surface area contributed by atoms with Gasteiger partial charge in [0.15, 0.2) is 0 Å². The zero-order chi connectivity index (χ0) is 21.6. The summed E-state index contributed by atoms with van der Waals surface area (Å²) in [6, 6.07) is 21.4. The molecule has 1 unspecified atom stereocenters. The van der Waals surface area contributed by atoms with Crippen molar-refractivity contribution in [2.75, 3.05) is 5.75 Å². The van der Waals surface area contributed by atoms with Crippen LogP contribution >= 0.6 is 23.5 Å². The second-order valence-corrected chi connectivity index (χ2v) is 8.61. The van der Waals surface area contributed by atoms with E-state index in [1.807, 2.05) is 36.0 Å². The van der Waals surface area contributed by atoms with Crippen molar-refractivity contribution in [2.24, 2.45) is 0 Å². The number of thioether (sulfide) groups is 2. The highest BCUT2D eigenvalue weighted by molar-refractivity contribution is 8.02. The maximum absolute atomic E-state index is 9.10. The third-order valence-corrected chi connectivity index (χ3v) is 6.57. The lowest BCUT2D eigenvalue weighted by Gasteiger charge is -2.17. The lowest BCUT2D eigenvalue weighted by Crippen LogP contribution is -2.15. The predicted molar refractivity (Wildman–Crippen MR) is 122 cm³/mol. The van der Waals surface area contributed by atoms with Crippen molar-refractivity contribution in [3.63, 3.8) is 0 Å². The summed E-state index contributed by atoms with van der Waals surface area (Å²) in [5.74, 6) is -0.367. The summed E-state index contributed by atoms with van der Waals surface area (Å²) in [6.07, 6.45) is 5.83. The van der Waals surface area contributed by atoms with Crippen LogP contribution in [0.15, 0.2) is 79.4 Å². The van der Waals surface area contributed by atoms with E-state index in [1.54, 1.807) is 0 Å². The van der Waals surface area contributed by atoms with E-state index in [-0.39, 0.29) is 0 Å². The lowest BCUT2D eigenvalue weighted by molar-refractivity contribution is -0.159. The number of carboxylic acids is 2. The monoisotopic (exact) mass is 444 g/mol. The number of carboxylic acid groups (broad SMARTS) is 2. The van der Waals surface area contributed by atoms with Crippen LogP contribution in [0.5, 0.6) is 0 Å². The van der Waals surface area contributed by atoms with Gasteiger partial charge in [-0.15, -0.1) is 0 Å². The Bertz CT molecular complexity index is 863. The Kier molecular flexibility index (Phi) is 10.6. The molecule has 158 valence electrons. The second-order valence-electron chi connectivity index (χ2n) is 6.29.